The highest BCUT2D eigenvalue weighted by molar-refractivity contribution is 8.13. The highest BCUT2D eigenvalue weighted by atomic mass is 35.7. The van der Waals surface area contributed by atoms with Crippen LogP contribution >= 0.6 is 22.3 Å². The largest absolute Gasteiger partial charge is 0.266 e. The summed E-state index contributed by atoms with van der Waals surface area (Å²) in [6.07, 6.45) is 0.822. The quantitative estimate of drug-likeness (QED) is 0.780. The van der Waals surface area contributed by atoms with E-state index < -0.39 is 9.05 Å². The summed E-state index contributed by atoms with van der Waals surface area (Å²) in [6, 6.07) is 0. The first-order chi connectivity index (χ1) is 6.38. The minimum Gasteiger partial charge on any atom is -0.252 e. The molecule has 0 aromatic carbocycles. The van der Waals surface area contributed by atoms with Gasteiger partial charge in [-0.15, -0.1) is 0 Å². The molecule has 0 saturated heterocycles. The number of halogens is 2. The van der Waals surface area contributed by atoms with Gasteiger partial charge in [0.25, 0.3) is 9.05 Å². The van der Waals surface area contributed by atoms with Crippen molar-refractivity contribution >= 4 is 31.3 Å². The zero-order chi connectivity index (χ0) is 10.9. The summed E-state index contributed by atoms with van der Waals surface area (Å²) >= 11 is 5.83. The van der Waals surface area contributed by atoms with Crippen molar-refractivity contribution in [2.24, 2.45) is 0 Å². The van der Waals surface area contributed by atoms with E-state index in [1.54, 1.807) is 6.92 Å². The lowest BCUT2D eigenvalue weighted by Crippen LogP contribution is -1.99. The number of hydrogen-bond acceptors (Lipinski definition) is 3. The lowest BCUT2D eigenvalue weighted by atomic mass is 10.5. The molecule has 0 N–H and O–H groups in total. The minimum absolute atomic E-state index is 0.0827. The Morgan fingerprint density at radius 3 is 2.43 bits per heavy atom. The summed E-state index contributed by atoms with van der Waals surface area (Å²) in [5.41, 5.74) is 0.332. The van der Waals surface area contributed by atoms with Crippen LogP contribution in [-0.2, 0) is 15.6 Å². The van der Waals surface area contributed by atoms with Gasteiger partial charge in [-0.3, -0.25) is 4.68 Å². The molecule has 0 fully saturated rings. The van der Waals surface area contributed by atoms with Crippen LogP contribution in [0.25, 0.3) is 0 Å². The molecule has 0 spiro atoms. The molecule has 0 saturated carbocycles. The summed E-state index contributed by atoms with van der Waals surface area (Å²) < 4.78 is 23.7. The molecule has 1 rings (SSSR count). The summed E-state index contributed by atoms with van der Waals surface area (Å²) in [5, 5.41) is 4.07. The van der Waals surface area contributed by atoms with Crippen LogP contribution in [0.1, 0.15) is 19.0 Å². The van der Waals surface area contributed by atoms with E-state index in [1.165, 1.54) is 4.68 Å². The number of nitrogens with zero attached hydrogens (tertiary/aromatic N) is 2. The van der Waals surface area contributed by atoms with E-state index in [1.807, 2.05) is 6.92 Å². The number of aromatic nitrogens is 2. The number of rotatable bonds is 3. The van der Waals surface area contributed by atoms with E-state index in [2.05, 4.69) is 5.10 Å². The van der Waals surface area contributed by atoms with E-state index in [0.717, 1.165) is 6.42 Å². The van der Waals surface area contributed by atoms with Crippen LogP contribution in [0.3, 0.4) is 0 Å². The standard InChI is InChI=1S/C7H10Cl2N2O2S/c1-3-4-11-7(8)6(5(2)10-11)14(9,12)13/h3-4H2,1-2H3. The van der Waals surface area contributed by atoms with Gasteiger partial charge in [0.05, 0.1) is 5.69 Å². The molecule has 80 valence electrons. The van der Waals surface area contributed by atoms with E-state index >= 15 is 0 Å². The molecule has 0 aliphatic carbocycles. The van der Waals surface area contributed by atoms with Crippen LogP contribution in [0, 0.1) is 6.92 Å². The zero-order valence-corrected chi connectivity index (χ0v) is 10.1. The maximum atomic E-state index is 11.1. The first-order valence-corrected chi connectivity index (χ1v) is 6.74. The molecule has 0 radical (unpaired) electrons. The molecule has 0 amide bonds. The van der Waals surface area contributed by atoms with Gasteiger partial charge in [-0.25, -0.2) is 8.42 Å². The Morgan fingerprint density at radius 2 is 2.07 bits per heavy atom. The maximum absolute atomic E-state index is 11.1. The van der Waals surface area contributed by atoms with Crippen LogP contribution in [-0.4, -0.2) is 18.2 Å². The SMILES string of the molecule is CCCn1nc(C)c(S(=O)(=O)Cl)c1Cl. The lowest BCUT2D eigenvalue weighted by molar-refractivity contribution is 0.597. The second-order valence-electron chi connectivity index (χ2n) is 2.87. The van der Waals surface area contributed by atoms with Crippen molar-refractivity contribution in [1.82, 2.24) is 9.78 Å². The molecule has 0 unspecified atom stereocenters. The molecule has 4 nitrogen and oxygen atoms in total. The molecule has 1 aromatic heterocycles. The fraction of sp³-hybridized carbons (Fsp3) is 0.571. The van der Waals surface area contributed by atoms with Crippen molar-refractivity contribution in [1.29, 1.82) is 0 Å². The van der Waals surface area contributed by atoms with E-state index in [-0.39, 0.29) is 10.0 Å². The van der Waals surface area contributed by atoms with Gasteiger partial charge >= 0.3 is 0 Å². The van der Waals surface area contributed by atoms with Crippen LogP contribution in [0.2, 0.25) is 5.15 Å². The van der Waals surface area contributed by atoms with Gasteiger partial charge in [0.15, 0.2) is 0 Å². The van der Waals surface area contributed by atoms with Gasteiger partial charge in [0.1, 0.15) is 10.0 Å². The lowest BCUT2D eigenvalue weighted by Gasteiger charge is -1.98. The van der Waals surface area contributed by atoms with Gasteiger partial charge in [-0.2, -0.15) is 5.10 Å². The van der Waals surface area contributed by atoms with Crippen LogP contribution < -0.4 is 0 Å². The van der Waals surface area contributed by atoms with Crippen molar-refractivity contribution in [3.8, 4) is 0 Å². The van der Waals surface area contributed by atoms with Gasteiger partial charge in [-0.05, 0) is 13.3 Å². The highest BCUT2D eigenvalue weighted by Gasteiger charge is 2.23. The van der Waals surface area contributed by atoms with Crippen molar-refractivity contribution in [2.75, 3.05) is 0 Å². The van der Waals surface area contributed by atoms with Gasteiger partial charge < -0.3 is 0 Å². The smallest absolute Gasteiger partial charge is 0.252 e. The maximum Gasteiger partial charge on any atom is 0.266 e. The predicted octanol–water partition coefficient (Wildman–Crippen LogP) is 2.18. The predicted molar refractivity (Wildman–Crippen MR) is 55.3 cm³/mol. The Balaban J connectivity index is 3.32. The van der Waals surface area contributed by atoms with E-state index in [4.69, 9.17) is 22.3 Å². The van der Waals surface area contributed by atoms with Gasteiger partial charge in [0.2, 0.25) is 0 Å². The van der Waals surface area contributed by atoms with Crippen LogP contribution in [0.5, 0.6) is 0 Å². The van der Waals surface area contributed by atoms with Crippen molar-refractivity contribution in [2.45, 2.75) is 31.7 Å². The molecule has 7 heteroatoms. The molecular weight excluding hydrogens is 247 g/mol. The Kier molecular flexibility index (Phi) is 3.44. The molecule has 0 atom stereocenters. The first kappa shape index (κ1) is 11.8. The average molecular weight is 257 g/mol. The highest BCUT2D eigenvalue weighted by Crippen LogP contribution is 2.27. The Labute approximate surface area is 92.2 Å². The fourth-order valence-electron chi connectivity index (χ4n) is 1.17. The van der Waals surface area contributed by atoms with Gasteiger partial charge in [0, 0.05) is 17.2 Å². The van der Waals surface area contributed by atoms with E-state index in [9.17, 15) is 8.42 Å². The van der Waals surface area contributed by atoms with Gasteiger partial charge in [-0.1, -0.05) is 18.5 Å². The zero-order valence-electron chi connectivity index (χ0n) is 7.79. The molecule has 0 aliphatic heterocycles. The van der Waals surface area contributed by atoms with Crippen LogP contribution in [0.4, 0.5) is 0 Å². The van der Waals surface area contributed by atoms with E-state index in [0.29, 0.717) is 12.2 Å². The average Bonchev–Trinajstić information content (AvgIpc) is 2.26. The van der Waals surface area contributed by atoms with Crippen molar-refractivity contribution < 1.29 is 8.42 Å². The molecule has 0 bridgehead atoms. The third-order valence-electron chi connectivity index (χ3n) is 1.69. The molecule has 1 aromatic rings. The third kappa shape index (κ3) is 2.21. The Hall–Kier alpha value is -0.260. The summed E-state index contributed by atoms with van der Waals surface area (Å²) in [7, 11) is 1.41. The molecule has 0 aliphatic rings. The number of aryl methyl sites for hydroxylation is 2. The van der Waals surface area contributed by atoms with Crippen molar-refractivity contribution in [3.63, 3.8) is 0 Å². The first-order valence-electron chi connectivity index (χ1n) is 4.05. The van der Waals surface area contributed by atoms with Crippen LogP contribution in [0.15, 0.2) is 4.90 Å². The third-order valence-corrected chi connectivity index (χ3v) is 3.63. The normalized spacial score (nSPS) is 12.0. The summed E-state index contributed by atoms with van der Waals surface area (Å²) in [6.45, 7) is 4.08. The number of hydrogen-bond donors (Lipinski definition) is 0. The summed E-state index contributed by atoms with van der Waals surface area (Å²) in [5.74, 6) is 0. The second kappa shape index (κ2) is 4.08. The molecule has 1 heterocycles. The Morgan fingerprint density at radius 1 is 1.50 bits per heavy atom. The molecule has 14 heavy (non-hydrogen) atoms. The monoisotopic (exact) mass is 256 g/mol. The Bertz CT molecular complexity index is 439. The second-order valence-corrected chi connectivity index (χ2v) is 5.73. The minimum atomic E-state index is -3.80. The topological polar surface area (TPSA) is 52.0 Å². The van der Waals surface area contributed by atoms with Crippen molar-refractivity contribution in [3.05, 3.63) is 10.8 Å². The fourth-order valence-corrected chi connectivity index (χ4v) is 3.11. The molecular formula is C7H10Cl2N2O2S. The summed E-state index contributed by atoms with van der Waals surface area (Å²) in [4.78, 5) is -0.0886.